The van der Waals surface area contributed by atoms with E-state index in [1.807, 2.05) is 11.8 Å². The van der Waals surface area contributed by atoms with E-state index in [9.17, 15) is 13.2 Å². The van der Waals surface area contributed by atoms with Gasteiger partial charge >= 0.3 is 0 Å². The molecule has 0 aromatic carbocycles. The molecular formula is C15H30N2O3S. The van der Waals surface area contributed by atoms with E-state index in [-0.39, 0.29) is 23.1 Å². The van der Waals surface area contributed by atoms with Crippen molar-refractivity contribution in [1.29, 1.82) is 0 Å². The summed E-state index contributed by atoms with van der Waals surface area (Å²) in [7, 11) is -3.16. The number of unbranched alkanes of at least 4 members (excludes halogenated alkanes) is 1. The topological polar surface area (TPSA) is 66.5 Å². The van der Waals surface area contributed by atoms with E-state index in [1.54, 1.807) is 0 Å². The maximum atomic E-state index is 12.1. The average molecular weight is 318 g/mol. The number of nitrogens with one attached hydrogen (secondary N) is 1. The zero-order chi connectivity index (χ0) is 16.1. The number of likely N-dealkylation sites (tertiary alicyclic amines) is 1. The van der Waals surface area contributed by atoms with Crippen molar-refractivity contribution in [1.82, 2.24) is 9.62 Å². The van der Waals surface area contributed by atoms with E-state index >= 15 is 0 Å². The SMILES string of the molecule is CCCCS(=O)(=O)NC1CCN(C(=O)CC(C)(C)C)CC1. The molecule has 6 heteroatoms. The number of piperidine rings is 1. The van der Waals surface area contributed by atoms with Crippen molar-refractivity contribution in [2.45, 2.75) is 65.8 Å². The van der Waals surface area contributed by atoms with Gasteiger partial charge in [0.2, 0.25) is 15.9 Å². The highest BCUT2D eigenvalue weighted by Gasteiger charge is 2.27. The Morgan fingerprint density at radius 2 is 1.81 bits per heavy atom. The summed E-state index contributed by atoms with van der Waals surface area (Å²) in [5, 5.41) is 0. The van der Waals surface area contributed by atoms with Crippen LogP contribution in [-0.4, -0.2) is 44.1 Å². The predicted octanol–water partition coefficient (Wildman–Crippen LogP) is 2.13. The number of sulfonamides is 1. The Labute approximate surface area is 129 Å². The monoisotopic (exact) mass is 318 g/mol. The van der Waals surface area contributed by atoms with Gasteiger partial charge in [0.1, 0.15) is 0 Å². The summed E-state index contributed by atoms with van der Waals surface area (Å²) in [4.78, 5) is 14.0. The molecule has 1 heterocycles. The van der Waals surface area contributed by atoms with Gasteiger partial charge in [-0.1, -0.05) is 34.1 Å². The second-order valence-corrected chi connectivity index (χ2v) is 9.06. The fourth-order valence-corrected chi connectivity index (χ4v) is 3.99. The highest BCUT2D eigenvalue weighted by Crippen LogP contribution is 2.21. The summed E-state index contributed by atoms with van der Waals surface area (Å²) in [5.74, 6) is 0.377. The van der Waals surface area contributed by atoms with Gasteiger partial charge in [-0.05, 0) is 24.7 Å². The number of carbonyl (C=O) groups excluding carboxylic acids is 1. The molecule has 0 aliphatic carbocycles. The first-order valence-electron chi connectivity index (χ1n) is 7.91. The van der Waals surface area contributed by atoms with Crippen molar-refractivity contribution in [3.8, 4) is 0 Å². The number of carbonyl (C=O) groups is 1. The fraction of sp³-hybridized carbons (Fsp3) is 0.933. The Morgan fingerprint density at radius 3 is 2.29 bits per heavy atom. The normalized spacial score (nSPS) is 18.0. The van der Waals surface area contributed by atoms with Crippen LogP contribution in [0.1, 0.15) is 59.8 Å². The Kier molecular flexibility index (Phi) is 6.66. The maximum absolute atomic E-state index is 12.1. The summed E-state index contributed by atoms with van der Waals surface area (Å²) in [6.07, 6.45) is 3.53. The molecule has 1 fully saturated rings. The molecule has 1 aliphatic heterocycles. The standard InChI is InChI=1S/C15H30N2O3S/c1-5-6-11-21(19,20)16-13-7-9-17(10-8-13)14(18)12-15(2,3)4/h13,16H,5-12H2,1-4H3. The van der Waals surface area contributed by atoms with Gasteiger partial charge in [0.05, 0.1) is 5.75 Å². The third kappa shape index (κ3) is 7.27. The van der Waals surface area contributed by atoms with Gasteiger partial charge in [0, 0.05) is 25.6 Å². The first kappa shape index (κ1) is 18.4. The fourth-order valence-electron chi connectivity index (χ4n) is 2.46. The molecule has 1 amide bonds. The average Bonchev–Trinajstić information content (AvgIpc) is 2.35. The Bertz CT molecular complexity index is 432. The van der Waals surface area contributed by atoms with E-state index in [0.717, 1.165) is 6.42 Å². The van der Waals surface area contributed by atoms with E-state index in [4.69, 9.17) is 0 Å². The zero-order valence-electron chi connectivity index (χ0n) is 13.8. The van der Waals surface area contributed by atoms with E-state index in [1.165, 1.54) is 0 Å². The van der Waals surface area contributed by atoms with Crippen LogP contribution in [0, 0.1) is 5.41 Å². The molecular weight excluding hydrogens is 288 g/mol. The number of amides is 1. The molecule has 0 atom stereocenters. The highest BCUT2D eigenvalue weighted by molar-refractivity contribution is 7.89. The molecule has 0 unspecified atom stereocenters. The smallest absolute Gasteiger partial charge is 0.223 e. The van der Waals surface area contributed by atoms with Gasteiger partial charge in [-0.25, -0.2) is 13.1 Å². The number of hydrogen-bond donors (Lipinski definition) is 1. The van der Waals surface area contributed by atoms with E-state index < -0.39 is 10.0 Å². The summed E-state index contributed by atoms with van der Waals surface area (Å²) in [5.41, 5.74) is -0.00429. The van der Waals surface area contributed by atoms with Crippen LogP contribution < -0.4 is 4.72 Å². The molecule has 0 aromatic rings. The summed E-state index contributed by atoms with van der Waals surface area (Å²) >= 11 is 0. The molecule has 0 radical (unpaired) electrons. The van der Waals surface area contributed by atoms with Gasteiger partial charge in [0.15, 0.2) is 0 Å². The van der Waals surface area contributed by atoms with Gasteiger partial charge in [-0.2, -0.15) is 0 Å². The van der Waals surface area contributed by atoms with Gasteiger partial charge < -0.3 is 4.90 Å². The lowest BCUT2D eigenvalue weighted by molar-refractivity contribution is -0.134. The molecule has 21 heavy (non-hydrogen) atoms. The van der Waals surface area contributed by atoms with Crippen LogP contribution in [0.3, 0.4) is 0 Å². The number of hydrogen-bond acceptors (Lipinski definition) is 3. The molecule has 124 valence electrons. The minimum atomic E-state index is -3.16. The second kappa shape index (κ2) is 7.58. The predicted molar refractivity (Wildman–Crippen MR) is 85.5 cm³/mol. The van der Waals surface area contributed by atoms with Crippen LogP contribution in [0.2, 0.25) is 0 Å². The van der Waals surface area contributed by atoms with Crippen LogP contribution in [-0.2, 0) is 14.8 Å². The van der Waals surface area contributed by atoms with Crippen LogP contribution in [0.15, 0.2) is 0 Å². The number of nitrogens with zero attached hydrogens (tertiary/aromatic N) is 1. The van der Waals surface area contributed by atoms with Crippen LogP contribution in [0.4, 0.5) is 0 Å². The lowest BCUT2D eigenvalue weighted by atomic mass is 9.91. The molecule has 1 N–H and O–H groups in total. The lowest BCUT2D eigenvalue weighted by Gasteiger charge is -2.33. The van der Waals surface area contributed by atoms with E-state index in [2.05, 4.69) is 25.5 Å². The lowest BCUT2D eigenvalue weighted by Crippen LogP contribution is -2.47. The molecule has 5 nitrogen and oxygen atoms in total. The van der Waals surface area contributed by atoms with Crippen molar-refractivity contribution in [3.05, 3.63) is 0 Å². The highest BCUT2D eigenvalue weighted by atomic mass is 32.2. The third-order valence-corrected chi connectivity index (χ3v) is 5.16. The van der Waals surface area contributed by atoms with Crippen LogP contribution >= 0.6 is 0 Å². The summed E-state index contributed by atoms with van der Waals surface area (Å²) < 4.78 is 26.5. The zero-order valence-corrected chi connectivity index (χ0v) is 14.6. The minimum absolute atomic E-state index is 0.00429. The van der Waals surface area contributed by atoms with E-state index in [0.29, 0.717) is 38.8 Å². The van der Waals surface area contributed by atoms with Gasteiger partial charge in [-0.3, -0.25) is 4.79 Å². The Morgan fingerprint density at radius 1 is 1.24 bits per heavy atom. The minimum Gasteiger partial charge on any atom is -0.343 e. The summed E-state index contributed by atoms with van der Waals surface area (Å²) in [6, 6.07) is -0.0226. The third-order valence-electron chi connectivity index (χ3n) is 3.64. The first-order chi connectivity index (χ1) is 9.63. The maximum Gasteiger partial charge on any atom is 0.223 e. The molecule has 0 aromatic heterocycles. The Balaban J connectivity index is 2.40. The van der Waals surface area contributed by atoms with Crippen LogP contribution in [0.25, 0.3) is 0 Å². The van der Waals surface area contributed by atoms with Gasteiger partial charge in [0.25, 0.3) is 0 Å². The second-order valence-electron chi connectivity index (χ2n) is 7.18. The largest absolute Gasteiger partial charge is 0.343 e. The quantitative estimate of drug-likeness (QED) is 0.816. The van der Waals surface area contributed by atoms with Crippen molar-refractivity contribution < 1.29 is 13.2 Å². The molecule has 1 saturated heterocycles. The Hall–Kier alpha value is -0.620. The van der Waals surface area contributed by atoms with Crippen molar-refractivity contribution in [2.24, 2.45) is 5.41 Å². The molecule has 0 saturated carbocycles. The summed E-state index contributed by atoms with van der Waals surface area (Å²) in [6.45, 7) is 9.44. The van der Waals surface area contributed by atoms with Gasteiger partial charge in [-0.15, -0.1) is 0 Å². The first-order valence-corrected chi connectivity index (χ1v) is 9.56. The van der Waals surface area contributed by atoms with Crippen molar-refractivity contribution in [3.63, 3.8) is 0 Å². The molecule has 0 bridgehead atoms. The van der Waals surface area contributed by atoms with Crippen LogP contribution in [0.5, 0.6) is 0 Å². The van der Waals surface area contributed by atoms with Crippen molar-refractivity contribution in [2.75, 3.05) is 18.8 Å². The molecule has 1 aliphatic rings. The molecule has 0 spiro atoms. The molecule has 1 rings (SSSR count). The number of rotatable bonds is 6. The van der Waals surface area contributed by atoms with Crippen molar-refractivity contribution >= 4 is 15.9 Å².